The molecule has 0 saturated heterocycles. The number of fused-ring (bicyclic) bond motifs is 1. The average molecular weight is 331 g/mol. The highest BCUT2D eigenvalue weighted by Gasteiger charge is 2.22. The van der Waals surface area contributed by atoms with Gasteiger partial charge in [-0.2, -0.15) is 10.2 Å². The number of aromatic nitrogens is 5. The van der Waals surface area contributed by atoms with Gasteiger partial charge in [0.1, 0.15) is 12.2 Å². The highest BCUT2D eigenvalue weighted by molar-refractivity contribution is 5.89. The summed E-state index contributed by atoms with van der Waals surface area (Å²) < 4.78 is 3.83. The van der Waals surface area contributed by atoms with Gasteiger partial charge in [0, 0.05) is 13.0 Å². The van der Waals surface area contributed by atoms with Gasteiger partial charge in [0.25, 0.3) is 0 Å². The highest BCUT2D eigenvalue weighted by Crippen LogP contribution is 2.17. The molecule has 1 atom stereocenters. The summed E-state index contributed by atoms with van der Waals surface area (Å²) in [4.78, 5) is 16.5. The number of hydrogen-bond acceptors (Lipinski definition) is 4. The molecule has 3 heterocycles. The van der Waals surface area contributed by atoms with Crippen molar-refractivity contribution in [3.05, 3.63) is 24.0 Å². The molecule has 1 aliphatic rings. The fourth-order valence-electron chi connectivity index (χ4n) is 3.09. The summed E-state index contributed by atoms with van der Waals surface area (Å²) in [7, 11) is 0. The predicted octanol–water partition coefficient (Wildman–Crippen LogP) is 1.83. The summed E-state index contributed by atoms with van der Waals surface area (Å²) in [5, 5.41) is 14.5. The molecule has 130 valence electrons. The van der Waals surface area contributed by atoms with E-state index in [1.807, 2.05) is 9.36 Å². The Morgan fingerprint density at radius 3 is 3.00 bits per heavy atom. The Morgan fingerprint density at radius 1 is 1.42 bits per heavy atom. The zero-order valence-electron chi connectivity index (χ0n) is 14.5. The lowest BCUT2D eigenvalue weighted by molar-refractivity contribution is 0.243. The maximum Gasteiger partial charge on any atom is 0.319 e. The van der Waals surface area contributed by atoms with Crippen molar-refractivity contribution >= 4 is 11.7 Å². The topological polar surface area (TPSA) is 89.7 Å². The van der Waals surface area contributed by atoms with Gasteiger partial charge >= 0.3 is 6.03 Å². The summed E-state index contributed by atoms with van der Waals surface area (Å²) in [6.45, 7) is 7.90. The van der Waals surface area contributed by atoms with Crippen LogP contribution in [-0.4, -0.2) is 36.6 Å². The molecule has 0 fully saturated rings. The van der Waals surface area contributed by atoms with Gasteiger partial charge in [-0.3, -0.25) is 4.68 Å². The number of carbonyl (C=O) groups excluding carboxylic acids is 1. The zero-order chi connectivity index (χ0) is 17.1. The quantitative estimate of drug-likeness (QED) is 0.874. The predicted molar refractivity (Wildman–Crippen MR) is 90.7 cm³/mol. The molecular weight excluding hydrogens is 306 g/mol. The Kier molecular flexibility index (Phi) is 4.82. The Labute approximate surface area is 141 Å². The molecule has 3 rings (SSSR count). The van der Waals surface area contributed by atoms with Crippen LogP contribution < -0.4 is 10.6 Å². The standard InChI is InChI=1S/C16H25N7O/c1-4-14-13(7-18-22(14)8-11(2)3)21-16(24)20-12-5-6-15-17-10-19-23(15)9-12/h7,10-12H,4-6,8-9H2,1-3H3,(H2,20,21,24)/t12-/m1/s1. The van der Waals surface area contributed by atoms with Crippen LogP contribution in [0.15, 0.2) is 12.5 Å². The number of amides is 2. The number of rotatable bonds is 5. The molecule has 2 aromatic heterocycles. The zero-order valence-corrected chi connectivity index (χ0v) is 14.5. The summed E-state index contributed by atoms with van der Waals surface area (Å²) >= 11 is 0. The van der Waals surface area contributed by atoms with Gasteiger partial charge in [-0.05, 0) is 18.8 Å². The van der Waals surface area contributed by atoms with Crippen LogP contribution in [0.25, 0.3) is 0 Å². The van der Waals surface area contributed by atoms with Crippen LogP contribution in [0.5, 0.6) is 0 Å². The van der Waals surface area contributed by atoms with Gasteiger partial charge in [-0.15, -0.1) is 0 Å². The second kappa shape index (κ2) is 7.02. The van der Waals surface area contributed by atoms with Crippen LogP contribution in [0.2, 0.25) is 0 Å². The maximum atomic E-state index is 12.3. The Balaban J connectivity index is 1.60. The Bertz CT molecular complexity index is 703. The molecule has 1 aliphatic heterocycles. The minimum Gasteiger partial charge on any atom is -0.333 e. The average Bonchev–Trinajstić information content (AvgIpc) is 3.13. The van der Waals surface area contributed by atoms with E-state index in [1.165, 1.54) is 0 Å². The van der Waals surface area contributed by atoms with Gasteiger partial charge < -0.3 is 10.6 Å². The fraction of sp³-hybridized carbons (Fsp3) is 0.625. The van der Waals surface area contributed by atoms with Gasteiger partial charge in [-0.25, -0.2) is 14.5 Å². The summed E-state index contributed by atoms with van der Waals surface area (Å²) in [5.74, 6) is 1.49. The largest absolute Gasteiger partial charge is 0.333 e. The molecule has 0 bridgehead atoms. The normalized spacial score (nSPS) is 16.9. The van der Waals surface area contributed by atoms with Crippen LogP contribution in [-0.2, 0) is 25.9 Å². The second-order valence-corrected chi connectivity index (χ2v) is 6.63. The smallest absolute Gasteiger partial charge is 0.319 e. The summed E-state index contributed by atoms with van der Waals surface area (Å²) in [6, 6.07) is -0.127. The number of aryl methyl sites for hydroxylation is 1. The molecule has 0 aromatic carbocycles. The SMILES string of the molecule is CCc1c(NC(=O)N[C@@H]2CCc3ncnn3C2)cnn1CC(C)C. The first-order valence-electron chi connectivity index (χ1n) is 8.55. The third-order valence-electron chi connectivity index (χ3n) is 4.21. The first kappa shape index (κ1) is 16.5. The Morgan fingerprint density at radius 2 is 2.25 bits per heavy atom. The first-order valence-corrected chi connectivity index (χ1v) is 8.55. The van der Waals surface area contributed by atoms with E-state index in [2.05, 4.69) is 46.6 Å². The summed E-state index contributed by atoms with van der Waals surface area (Å²) in [6.07, 6.45) is 5.83. The lowest BCUT2D eigenvalue weighted by Crippen LogP contribution is -2.43. The first-order chi connectivity index (χ1) is 11.6. The molecule has 2 amide bonds. The van der Waals surface area contributed by atoms with Crippen LogP contribution in [0.3, 0.4) is 0 Å². The number of nitrogens with zero attached hydrogens (tertiary/aromatic N) is 5. The molecule has 8 nitrogen and oxygen atoms in total. The van der Waals surface area contributed by atoms with E-state index in [1.54, 1.807) is 12.5 Å². The molecule has 0 spiro atoms. The monoisotopic (exact) mass is 331 g/mol. The highest BCUT2D eigenvalue weighted by atomic mass is 16.2. The van der Waals surface area contributed by atoms with E-state index in [4.69, 9.17) is 0 Å². The van der Waals surface area contributed by atoms with Gasteiger partial charge in [-0.1, -0.05) is 20.8 Å². The van der Waals surface area contributed by atoms with E-state index < -0.39 is 0 Å². The number of hydrogen-bond donors (Lipinski definition) is 2. The number of carbonyl (C=O) groups is 1. The molecular formula is C16H25N7O. The third-order valence-corrected chi connectivity index (χ3v) is 4.21. The van der Waals surface area contributed by atoms with Crippen molar-refractivity contribution in [2.75, 3.05) is 5.32 Å². The molecule has 2 N–H and O–H groups in total. The van der Waals surface area contributed by atoms with Crippen molar-refractivity contribution in [2.45, 2.75) is 59.2 Å². The van der Waals surface area contributed by atoms with Gasteiger partial charge in [0.15, 0.2) is 0 Å². The second-order valence-electron chi connectivity index (χ2n) is 6.63. The van der Waals surface area contributed by atoms with Crippen LogP contribution >= 0.6 is 0 Å². The van der Waals surface area contributed by atoms with Crippen molar-refractivity contribution in [3.8, 4) is 0 Å². The third kappa shape index (κ3) is 3.58. The van der Waals surface area contributed by atoms with E-state index in [0.29, 0.717) is 12.5 Å². The van der Waals surface area contributed by atoms with Gasteiger partial charge in [0.2, 0.25) is 0 Å². The Hall–Kier alpha value is -2.38. The van der Waals surface area contributed by atoms with E-state index >= 15 is 0 Å². The van der Waals surface area contributed by atoms with Crippen molar-refractivity contribution < 1.29 is 4.79 Å². The molecule has 0 aliphatic carbocycles. The number of nitrogens with one attached hydrogen (secondary N) is 2. The molecule has 24 heavy (non-hydrogen) atoms. The summed E-state index contributed by atoms with van der Waals surface area (Å²) in [5.41, 5.74) is 1.84. The lowest BCUT2D eigenvalue weighted by atomic mass is 10.1. The maximum absolute atomic E-state index is 12.3. The number of urea groups is 1. The fourth-order valence-corrected chi connectivity index (χ4v) is 3.09. The number of anilines is 1. The molecule has 0 unspecified atom stereocenters. The minimum atomic E-state index is -0.192. The van der Waals surface area contributed by atoms with Gasteiger partial charge in [0.05, 0.1) is 30.2 Å². The van der Waals surface area contributed by atoms with Crippen molar-refractivity contribution in [2.24, 2.45) is 5.92 Å². The van der Waals surface area contributed by atoms with E-state index in [-0.39, 0.29) is 12.1 Å². The molecule has 8 heteroatoms. The van der Waals surface area contributed by atoms with Crippen molar-refractivity contribution in [1.82, 2.24) is 29.9 Å². The van der Waals surface area contributed by atoms with E-state index in [0.717, 1.165) is 43.0 Å². The molecule has 0 saturated carbocycles. The van der Waals surface area contributed by atoms with Crippen molar-refractivity contribution in [3.63, 3.8) is 0 Å². The van der Waals surface area contributed by atoms with Crippen LogP contribution in [0.1, 0.15) is 38.7 Å². The van der Waals surface area contributed by atoms with Crippen LogP contribution in [0.4, 0.5) is 10.5 Å². The lowest BCUT2D eigenvalue weighted by Gasteiger charge is -2.23. The molecule has 2 aromatic rings. The molecule has 0 radical (unpaired) electrons. The minimum absolute atomic E-state index is 0.0648. The van der Waals surface area contributed by atoms with Crippen LogP contribution in [0, 0.1) is 5.92 Å². The van der Waals surface area contributed by atoms with Crippen molar-refractivity contribution in [1.29, 1.82) is 0 Å². The van der Waals surface area contributed by atoms with E-state index in [9.17, 15) is 4.79 Å².